The largest absolute Gasteiger partial charge is 0.368 e. The van der Waals surface area contributed by atoms with Crippen LogP contribution in [0.3, 0.4) is 0 Å². The van der Waals surface area contributed by atoms with Crippen molar-refractivity contribution in [2.75, 3.05) is 11.9 Å². The first-order valence-corrected chi connectivity index (χ1v) is 7.41. The Labute approximate surface area is 120 Å². The van der Waals surface area contributed by atoms with Gasteiger partial charge in [0.25, 0.3) is 0 Å². The van der Waals surface area contributed by atoms with Gasteiger partial charge in [0.2, 0.25) is 0 Å². The maximum atomic E-state index is 6.46. The quantitative estimate of drug-likeness (QED) is 0.774. The van der Waals surface area contributed by atoms with Crippen molar-refractivity contribution in [2.24, 2.45) is 5.92 Å². The van der Waals surface area contributed by atoms with Crippen LogP contribution in [0.2, 0.25) is 0 Å². The molecular formula is C16H21ClN2. The van der Waals surface area contributed by atoms with E-state index in [9.17, 15) is 0 Å². The van der Waals surface area contributed by atoms with E-state index in [4.69, 9.17) is 11.6 Å². The van der Waals surface area contributed by atoms with Gasteiger partial charge in [0.05, 0.1) is 5.38 Å². The highest BCUT2D eigenvalue weighted by Gasteiger charge is 2.15. The van der Waals surface area contributed by atoms with Gasteiger partial charge >= 0.3 is 0 Å². The minimum absolute atomic E-state index is 0.149. The molecule has 0 spiro atoms. The van der Waals surface area contributed by atoms with Gasteiger partial charge in [0, 0.05) is 18.1 Å². The summed E-state index contributed by atoms with van der Waals surface area (Å²) in [5.41, 5.74) is 0. The molecule has 2 rings (SSSR count). The predicted octanol–water partition coefficient (Wildman–Crippen LogP) is 4.69. The fourth-order valence-electron chi connectivity index (χ4n) is 2.42. The van der Waals surface area contributed by atoms with Crippen molar-refractivity contribution in [1.82, 2.24) is 4.98 Å². The molecule has 1 N–H and O–H groups in total. The molecule has 0 saturated carbocycles. The lowest BCUT2D eigenvalue weighted by atomic mass is 9.99. The van der Waals surface area contributed by atoms with Crippen molar-refractivity contribution < 1.29 is 0 Å². The number of benzene rings is 1. The van der Waals surface area contributed by atoms with E-state index in [-0.39, 0.29) is 5.38 Å². The lowest BCUT2D eigenvalue weighted by Crippen LogP contribution is -2.23. The number of halogens is 1. The summed E-state index contributed by atoms with van der Waals surface area (Å²) in [5.74, 6) is 1.49. The highest BCUT2D eigenvalue weighted by atomic mass is 35.5. The summed E-state index contributed by atoms with van der Waals surface area (Å²) in [7, 11) is 0. The molecule has 1 atom stereocenters. The van der Waals surface area contributed by atoms with Gasteiger partial charge in [0.1, 0.15) is 5.82 Å². The molecule has 0 fully saturated rings. The Kier molecular flexibility index (Phi) is 5.03. The van der Waals surface area contributed by atoms with Gasteiger partial charge in [-0.3, -0.25) is 0 Å². The normalized spacial score (nSPS) is 12.8. The molecule has 0 saturated heterocycles. The summed E-state index contributed by atoms with van der Waals surface area (Å²) in [4.78, 5) is 4.42. The molecule has 0 aliphatic rings. The maximum absolute atomic E-state index is 6.46. The van der Waals surface area contributed by atoms with E-state index < -0.39 is 0 Å². The number of hydrogen-bond acceptors (Lipinski definition) is 2. The molecule has 0 bridgehead atoms. The third kappa shape index (κ3) is 3.38. The lowest BCUT2D eigenvalue weighted by molar-refractivity contribution is 0.475. The molecule has 1 heterocycles. The monoisotopic (exact) mass is 276 g/mol. The summed E-state index contributed by atoms with van der Waals surface area (Å²) < 4.78 is 0. The van der Waals surface area contributed by atoms with Gasteiger partial charge in [-0.1, -0.05) is 51.0 Å². The van der Waals surface area contributed by atoms with E-state index in [1.165, 1.54) is 5.39 Å². The number of rotatable bonds is 6. The van der Waals surface area contributed by atoms with Crippen LogP contribution in [-0.2, 0) is 0 Å². The van der Waals surface area contributed by atoms with Gasteiger partial charge in [-0.15, -0.1) is 11.6 Å². The van der Waals surface area contributed by atoms with Crippen molar-refractivity contribution in [3.63, 3.8) is 0 Å². The molecule has 0 radical (unpaired) electrons. The molecule has 0 aliphatic heterocycles. The van der Waals surface area contributed by atoms with Crippen molar-refractivity contribution in [1.29, 1.82) is 0 Å². The third-order valence-corrected chi connectivity index (χ3v) is 4.21. The minimum atomic E-state index is 0.149. The average Bonchev–Trinajstić information content (AvgIpc) is 2.46. The minimum Gasteiger partial charge on any atom is -0.368 e. The first-order valence-electron chi connectivity index (χ1n) is 6.98. The lowest BCUT2D eigenvalue weighted by Gasteiger charge is -2.20. The SMILES string of the molecule is CCC(CC)C(Cl)CNc1nccc2ccccc12. The molecule has 102 valence electrons. The molecule has 1 aromatic heterocycles. The molecule has 3 heteroatoms. The highest BCUT2D eigenvalue weighted by Crippen LogP contribution is 2.23. The smallest absolute Gasteiger partial charge is 0.133 e. The Morgan fingerprint density at radius 1 is 1.16 bits per heavy atom. The molecule has 2 nitrogen and oxygen atoms in total. The molecule has 2 aromatic rings. The Morgan fingerprint density at radius 2 is 1.89 bits per heavy atom. The number of anilines is 1. The number of nitrogens with zero attached hydrogens (tertiary/aromatic N) is 1. The third-order valence-electron chi connectivity index (χ3n) is 3.70. The van der Waals surface area contributed by atoms with Crippen LogP contribution < -0.4 is 5.32 Å². The van der Waals surface area contributed by atoms with Crippen molar-refractivity contribution >= 4 is 28.2 Å². The van der Waals surface area contributed by atoms with Crippen LogP contribution in [0.4, 0.5) is 5.82 Å². The number of nitrogens with one attached hydrogen (secondary N) is 1. The fourth-order valence-corrected chi connectivity index (χ4v) is 2.86. The second-order valence-electron chi connectivity index (χ2n) is 4.85. The summed E-state index contributed by atoms with van der Waals surface area (Å²) in [5, 5.41) is 5.90. The topological polar surface area (TPSA) is 24.9 Å². The second-order valence-corrected chi connectivity index (χ2v) is 5.41. The van der Waals surface area contributed by atoms with Crippen LogP contribution in [-0.4, -0.2) is 16.9 Å². The zero-order valence-corrected chi connectivity index (χ0v) is 12.3. The van der Waals surface area contributed by atoms with Gasteiger partial charge in [-0.25, -0.2) is 4.98 Å². The number of pyridine rings is 1. The van der Waals surface area contributed by atoms with Gasteiger partial charge in [-0.05, 0) is 17.4 Å². The van der Waals surface area contributed by atoms with Crippen LogP contribution in [0.1, 0.15) is 26.7 Å². The predicted molar refractivity (Wildman–Crippen MR) is 83.9 cm³/mol. The van der Waals surface area contributed by atoms with Crippen LogP contribution in [0, 0.1) is 5.92 Å². The standard InChI is InChI=1S/C16H21ClN2/c1-3-12(4-2)15(17)11-19-16-14-8-6-5-7-13(14)9-10-18-16/h5-10,12,15H,3-4,11H2,1-2H3,(H,18,19). The van der Waals surface area contributed by atoms with E-state index >= 15 is 0 Å². The Morgan fingerprint density at radius 3 is 2.63 bits per heavy atom. The summed E-state index contributed by atoms with van der Waals surface area (Å²) >= 11 is 6.46. The van der Waals surface area contributed by atoms with Crippen LogP contribution >= 0.6 is 11.6 Å². The number of fused-ring (bicyclic) bond motifs is 1. The summed E-state index contributed by atoms with van der Waals surface area (Å²) in [6.45, 7) is 5.15. The van der Waals surface area contributed by atoms with Crippen LogP contribution in [0.15, 0.2) is 36.5 Å². The van der Waals surface area contributed by atoms with Gasteiger partial charge in [-0.2, -0.15) is 0 Å². The first-order chi connectivity index (χ1) is 9.26. The zero-order valence-electron chi connectivity index (χ0n) is 11.6. The van der Waals surface area contributed by atoms with E-state index in [0.29, 0.717) is 5.92 Å². The molecule has 1 unspecified atom stereocenters. The van der Waals surface area contributed by atoms with E-state index in [1.807, 2.05) is 24.4 Å². The second kappa shape index (κ2) is 6.76. The van der Waals surface area contributed by atoms with Crippen molar-refractivity contribution in [2.45, 2.75) is 32.1 Å². The average molecular weight is 277 g/mol. The molecular weight excluding hydrogens is 256 g/mol. The number of aromatic nitrogens is 1. The van der Waals surface area contributed by atoms with Gasteiger partial charge in [0.15, 0.2) is 0 Å². The summed E-state index contributed by atoms with van der Waals surface area (Å²) in [6.07, 6.45) is 4.08. The zero-order chi connectivity index (χ0) is 13.7. The molecule has 19 heavy (non-hydrogen) atoms. The first kappa shape index (κ1) is 14.1. The molecule has 0 aliphatic carbocycles. The summed E-state index contributed by atoms with van der Waals surface area (Å²) in [6, 6.07) is 10.3. The fraction of sp³-hybridized carbons (Fsp3) is 0.438. The van der Waals surface area contributed by atoms with Crippen LogP contribution in [0.25, 0.3) is 10.8 Å². The van der Waals surface area contributed by atoms with E-state index in [2.05, 4.69) is 36.3 Å². The van der Waals surface area contributed by atoms with Crippen molar-refractivity contribution in [3.8, 4) is 0 Å². The molecule has 0 amide bonds. The van der Waals surface area contributed by atoms with E-state index in [1.54, 1.807) is 0 Å². The van der Waals surface area contributed by atoms with Crippen molar-refractivity contribution in [3.05, 3.63) is 36.5 Å². The highest BCUT2D eigenvalue weighted by molar-refractivity contribution is 6.21. The molecule has 1 aromatic carbocycles. The Hall–Kier alpha value is -1.28. The van der Waals surface area contributed by atoms with E-state index in [0.717, 1.165) is 30.6 Å². The maximum Gasteiger partial charge on any atom is 0.133 e. The number of alkyl halides is 1. The Balaban J connectivity index is 2.09. The van der Waals surface area contributed by atoms with Gasteiger partial charge < -0.3 is 5.32 Å². The Bertz CT molecular complexity index is 518. The number of hydrogen-bond donors (Lipinski definition) is 1. The van der Waals surface area contributed by atoms with Crippen LogP contribution in [0.5, 0.6) is 0 Å².